The smallest absolute Gasteiger partial charge is 0.257 e. The lowest BCUT2D eigenvalue weighted by atomic mass is 10.0. The molecule has 1 aromatic carbocycles. The number of hydrogen-bond acceptors (Lipinski definition) is 5. The number of hydrogen-bond donors (Lipinski definition) is 2. The Balaban J connectivity index is 1.82. The van der Waals surface area contributed by atoms with Gasteiger partial charge in [0.1, 0.15) is 5.52 Å². The van der Waals surface area contributed by atoms with Crippen molar-refractivity contribution in [3.63, 3.8) is 0 Å². The first-order valence-electron chi connectivity index (χ1n) is 6.06. The molecule has 0 radical (unpaired) electrons. The quantitative estimate of drug-likeness (QED) is 0.878. The molecule has 0 bridgehead atoms. The summed E-state index contributed by atoms with van der Waals surface area (Å²) in [6, 6.07) is 5.27. The lowest BCUT2D eigenvalue weighted by Crippen LogP contribution is -2.42. The molecule has 1 aliphatic rings. The fourth-order valence-electron chi connectivity index (χ4n) is 2.10. The van der Waals surface area contributed by atoms with E-state index in [2.05, 4.69) is 10.3 Å². The van der Waals surface area contributed by atoms with Gasteiger partial charge in [0.05, 0.1) is 0 Å². The Morgan fingerprint density at radius 2 is 2.42 bits per heavy atom. The van der Waals surface area contributed by atoms with E-state index < -0.39 is 5.60 Å². The fourth-order valence-corrected chi connectivity index (χ4v) is 3.34. The molecule has 19 heavy (non-hydrogen) atoms. The second kappa shape index (κ2) is 4.54. The number of carbonyl (C=O) groups is 1. The third kappa shape index (κ3) is 2.33. The molecule has 2 aromatic rings. The van der Waals surface area contributed by atoms with Gasteiger partial charge < -0.3 is 14.8 Å². The minimum absolute atomic E-state index is 0.354. The summed E-state index contributed by atoms with van der Waals surface area (Å²) in [6.07, 6.45) is 0.493. The molecule has 1 unspecified atom stereocenters. The molecule has 1 fully saturated rings. The summed E-state index contributed by atoms with van der Waals surface area (Å²) < 4.78 is 5.41. The van der Waals surface area contributed by atoms with Crippen LogP contribution in [0.2, 0.25) is 0 Å². The van der Waals surface area contributed by atoms with Crippen LogP contribution in [0.4, 0.5) is 5.69 Å². The van der Waals surface area contributed by atoms with Crippen molar-refractivity contribution in [2.24, 2.45) is 0 Å². The number of nitrogens with zero attached hydrogens (tertiary/aromatic N) is 1. The minimum atomic E-state index is -1.25. The van der Waals surface area contributed by atoms with Gasteiger partial charge in [-0.05, 0) is 24.3 Å². The lowest BCUT2D eigenvalue weighted by molar-refractivity contribution is -0.131. The summed E-state index contributed by atoms with van der Waals surface area (Å²) in [4.78, 5) is 16.2. The van der Waals surface area contributed by atoms with Crippen molar-refractivity contribution in [1.29, 1.82) is 0 Å². The zero-order valence-electron chi connectivity index (χ0n) is 10.5. The van der Waals surface area contributed by atoms with E-state index in [-0.39, 0.29) is 5.91 Å². The molecule has 5 nitrogen and oxygen atoms in total. The van der Waals surface area contributed by atoms with E-state index in [4.69, 9.17) is 4.42 Å². The second-order valence-corrected chi connectivity index (χ2v) is 5.81. The predicted molar refractivity (Wildman–Crippen MR) is 74.3 cm³/mol. The molecule has 0 spiro atoms. The van der Waals surface area contributed by atoms with Crippen molar-refractivity contribution in [1.82, 2.24) is 4.98 Å². The van der Waals surface area contributed by atoms with Crippen molar-refractivity contribution in [2.45, 2.75) is 18.9 Å². The van der Waals surface area contributed by atoms with E-state index in [1.54, 1.807) is 36.9 Å². The van der Waals surface area contributed by atoms with Gasteiger partial charge in [-0.1, -0.05) is 0 Å². The summed E-state index contributed by atoms with van der Waals surface area (Å²) in [5.41, 5.74) is 0.740. The van der Waals surface area contributed by atoms with E-state index in [1.807, 2.05) is 0 Å². The molecule has 3 rings (SSSR count). The van der Waals surface area contributed by atoms with Gasteiger partial charge in [-0.15, -0.1) is 0 Å². The number of thioether (sulfide) groups is 1. The Labute approximate surface area is 114 Å². The van der Waals surface area contributed by atoms with Gasteiger partial charge in [0.15, 0.2) is 17.1 Å². The predicted octanol–water partition coefficient (Wildman–Crippen LogP) is 1.94. The summed E-state index contributed by atoms with van der Waals surface area (Å²) in [5, 5.41) is 12.9. The van der Waals surface area contributed by atoms with Crippen LogP contribution in [0.15, 0.2) is 22.6 Å². The fraction of sp³-hybridized carbons (Fsp3) is 0.385. The molecule has 0 aliphatic carbocycles. The third-order valence-corrected chi connectivity index (χ3v) is 4.35. The number of anilines is 1. The van der Waals surface area contributed by atoms with Crippen LogP contribution in [0.1, 0.15) is 12.3 Å². The average Bonchev–Trinajstić information content (AvgIpc) is 2.95. The maximum absolute atomic E-state index is 12.1. The minimum Gasteiger partial charge on any atom is -0.441 e. The molecular formula is C13H14N2O3S. The highest BCUT2D eigenvalue weighted by Crippen LogP contribution is 2.29. The van der Waals surface area contributed by atoms with Crippen molar-refractivity contribution >= 4 is 34.5 Å². The Kier molecular flexibility index (Phi) is 2.99. The first kappa shape index (κ1) is 12.5. The van der Waals surface area contributed by atoms with E-state index in [9.17, 15) is 9.90 Å². The molecule has 6 heteroatoms. The number of aryl methyl sites for hydroxylation is 1. The van der Waals surface area contributed by atoms with Crippen molar-refractivity contribution in [3.05, 3.63) is 24.1 Å². The molecule has 1 amide bonds. The SMILES string of the molecule is Cc1nc2ccc(NC(=O)C3(O)CCSC3)cc2o1. The van der Waals surface area contributed by atoms with E-state index in [1.165, 1.54) is 0 Å². The number of aliphatic hydroxyl groups is 1. The monoisotopic (exact) mass is 278 g/mol. The first-order chi connectivity index (χ1) is 9.07. The van der Waals surface area contributed by atoms with Gasteiger partial charge in [0, 0.05) is 24.4 Å². The molecular weight excluding hydrogens is 264 g/mol. The number of amides is 1. The zero-order valence-corrected chi connectivity index (χ0v) is 11.3. The van der Waals surface area contributed by atoms with Crippen LogP contribution in [0, 0.1) is 6.92 Å². The van der Waals surface area contributed by atoms with Crippen molar-refractivity contribution in [3.8, 4) is 0 Å². The highest BCUT2D eigenvalue weighted by molar-refractivity contribution is 7.99. The average molecular weight is 278 g/mol. The van der Waals surface area contributed by atoms with Crippen LogP contribution in [0.3, 0.4) is 0 Å². The van der Waals surface area contributed by atoms with E-state index in [0.29, 0.717) is 29.3 Å². The lowest BCUT2D eigenvalue weighted by Gasteiger charge is -2.20. The molecule has 1 aliphatic heterocycles. The highest BCUT2D eigenvalue weighted by atomic mass is 32.2. The van der Waals surface area contributed by atoms with Crippen LogP contribution in [0.25, 0.3) is 11.1 Å². The van der Waals surface area contributed by atoms with Crippen LogP contribution >= 0.6 is 11.8 Å². The van der Waals surface area contributed by atoms with E-state index in [0.717, 1.165) is 11.3 Å². The zero-order chi connectivity index (χ0) is 13.5. The third-order valence-electron chi connectivity index (χ3n) is 3.18. The van der Waals surface area contributed by atoms with Crippen LogP contribution in [-0.4, -0.2) is 33.1 Å². The molecule has 1 saturated heterocycles. The van der Waals surface area contributed by atoms with Crippen LogP contribution in [-0.2, 0) is 4.79 Å². The molecule has 100 valence electrons. The second-order valence-electron chi connectivity index (χ2n) is 4.70. The van der Waals surface area contributed by atoms with Crippen molar-refractivity contribution < 1.29 is 14.3 Å². The molecule has 0 saturated carbocycles. The normalized spacial score (nSPS) is 22.8. The van der Waals surface area contributed by atoms with Gasteiger partial charge >= 0.3 is 0 Å². The number of aromatic nitrogens is 1. The van der Waals surface area contributed by atoms with Crippen LogP contribution < -0.4 is 5.32 Å². The van der Waals surface area contributed by atoms with Gasteiger partial charge in [0.2, 0.25) is 0 Å². The van der Waals surface area contributed by atoms with Gasteiger partial charge in [0.25, 0.3) is 5.91 Å². The number of fused-ring (bicyclic) bond motifs is 1. The van der Waals surface area contributed by atoms with Gasteiger partial charge in [-0.3, -0.25) is 4.79 Å². The molecule has 1 aromatic heterocycles. The number of carbonyl (C=O) groups excluding carboxylic acids is 1. The maximum Gasteiger partial charge on any atom is 0.257 e. The Hall–Kier alpha value is -1.53. The highest BCUT2D eigenvalue weighted by Gasteiger charge is 2.39. The summed E-state index contributed by atoms with van der Waals surface area (Å²) in [7, 11) is 0. The summed E-state index contributed by atoms with van der Waals surface area (Å²) in [5.74, 6) is 1.49. The Bertz CT molecular complexity index is 632. The molecule has 2 N–H and O–H groups in total. The molecule has 1 atom stereocenters. The number of benzene rings is 1. The standard InChI is InChI=1S/C13H14N2O3S/c1-8-14-10-3-2-9(6-11(10)18-8)15-12(16)13(17)4-5-19-7-13/h2-3,6,17H,4-5,7H2,1H3,(H,15,16). The Morgan fingerprint density at radius 1 is 1.58 bits per heavy atom. The summed E-state index contributed by atoms with van der Waals surface area (Å²) in [6.45, 7) is 1.77. The number of oxazole rings is 1. The maximum atomic E-state index is 12.1. The topological polar surface area (TPSA) is 75.4 Å². The van der Waals surface area contributed by atoms with Crippen LogP contribution in [0.5, 0.6) is 0 Å². The van der Waals surface area contributed by atoms with E-state index >= 15 is 0 Å². The molecule has 2 heterocycles. The van der Waals surface area contributed by atoms with Crippen molar-refractivity contribution in [2.75, 3.05) is 16.8 Å². The number of nitrogens with one attached hydrogen (secondary N) is 1. The summed E-state index contributed by atoms with van der Waals surface area (Å²) >= 11 is 1.59. The van der Waals surface area contributed by atoms with Gasteiger partial charge in [-0.2, -0.15) is 11.8 Å². The Morgan fingerprint density at radius 3 is 3.16 bits per heavy atom. The van der Waals surface area contributed by atoms with Gasteiger partial charge in [-0.25, -0.2) is 4.98 Å². The first-order valence-corrected chi connectivity index (χ1v) is 7.21. The number of rotatable bonds is 2. The largest absolute Gasteiger partial charge is 0.441 e.